The number of nitrogens with one attached hydrogen (secondary N) is 1. The zero-order chi connectivity index (χ0) is 14.0. The monoisotopic (exact) mass is 257 g/mol. The summed E-state index contributed by atoms with van der Waals surface area (Å²) in [5, 5.41) is 3.58. The Morgan fingerprint density at radius 3 is 2.42 bits per heavy atom. The summed E-state index contributed by atoms with van der Waals surface area (Å²) in [6.45, 7) is 11.5. The predicted octanol–water partition coefficient (Wildman–Crippen LogP) is 4.21. The first kappa shape index (κ1) is 13.9. The highest BCUT2D eigenvalue weighted by molar-refractivity contribution is 5.41. The molecule has 0 fully saturated rings. The van der Waals surface area contributed by atoms with Crippen LogP contribution in [0.25, 0.3) is 0 Å². The van der Waals surface area contributed by atoms with Crippen molar-refractivity contribution in [3.63, 3.8) is 0 Å². The molecule has 0 radical (unpaired) electrons. The standard InChI is InChI=1S/C17H23NO/c1-6-18-17(16-10-12(3)19-14(16)5)15-9-7-8-11(2)13(15)4/h7-10,17-18H,6H2,1-5H3. The highest BCUT2D eigenvalue weighted by atomic mass is 16.3. The normalized spacial score (nSPS) is 12.7. The first-order valence-electron chi connectivity index (χ1n) is 6.91. The van der Waals surface area contributed by atoms with Gasteiger partial charge in [-0.25, -0.2) is 0 Å². The molecule has 0 aliphatic rings. The quantitative estimate of drug-likeness (QED) is 0.887. The molecule has 0 bridgehead atoms. The van der Waals surface area contributed by atoms with Gasteiger partial charge in [-0.15, -0.1) is 0 Å². The van der Waals surface area contributed by atoms with Gasteiger partial charge in [-0.05, 0) is 57.0 Å². The fourth-order valence-corrected chi connectivity index (χ4v) is 2.62. The van der Waals surface area contributed by atoms with Gasteiger partial charge in [0.1, 0.15) is 11.5 Å². The molecule has 2 rings (SSSR count). The number of hydrogen-bond acceptors (Lipinski definition) is 2. The Bertz CT molecular complexity index is 569. The van der Waals surface area contributed by atoms with Gasteiger partial charge in [0, 0.05) is 5.56 Å². The Labute approximate surface area is 115 Å². The average molecular weight is 257 g/mol. The van der Waals surface area contributed by atoms with Gasteiger partial charge in [0.05, 0.1) is 6.04 Å². The van der Waals surface area contributed by atoms with Crippen LogP contribution in [0.1, 0.15) is 46.7 Å². The maximum absolute atomic E-state index is 5.69. The SMILES string of the molecule is CCNC(c1cc(C)oc1C)c1cccc(C)c1C. The highest BCUT2D eigenvalue weighted by Crippen LogP contribution is 2.30. The Morgan fingerprint density at radius 1 is 1.11 bits per heavy atom. The molecule has 1 unspecified atom stereocenters. The van der Waals surface area contributed by atoms with E-state index in [9.17, 15) is 0 Å². The molecule has 2 aromatic rings. The number of hydrogen-bond donors (Lipinski definition) is 1. The molecular weight excluding hydrogens is 234 g/mol. The first-order chi connectivity index (χ1) is 9.04. The molecule has 0 aliphatic carbocycles. The van der Waals surface area contributed by atoms with Crippen molar-refractivity contribution in [2.45, 2.75) is 40.7 Å². The summed E-state index contributed by atoms with van der Waals surface area (Å²) < 4.78 is 5.69. The Kier molecular flexibility index (Phi) is 4.11. The summed E-state index contributed by atoms with van der Waals surface area (Å²) in [7, 11) is 0. The summed E-state index contributed by atoms with van der Waals surface area (Å²) in [5.41, 5.74) is 5.27. The van der Waals surface area contributed by atoms with Gasteiger partial charge in [0.2, 0.25) is 0 Å². The third-order valence-electron chi connectivity index (χ3n) is 3.76. The van der Waals surface area contributed by atoms with Crippen LogP contribution < -0.4 is 5.32 Å². The van der Waals surface area contributed by atoms with Crippen LogP contribution in [0, 0.1) is 27.7 Å². The maximum Gasteiger partial charge on any atom is 0.106 e. The maximum atomic E-state index is 5.69. The second kappa shape index (κ2) is 5.62. The Balaban J connectivity index is 2.51. The number of rotatable bonds is 4. The minimum Gasteiger partial charge on any atom is -0.466 e. The third kappa shape index (κ3) is 2.74. The summed E-state index contributed by atoms with van der Waals surface area (Å²) in [6.07, 6.45) is 0. The van der Waals surface area contributed by atoms with Crippen molar-refractivity contribution in [1.82, 2.24) is 5.32 Å². The molecule has 19 heavy (non-hydrogen) atoms. The van der Waals surface area contributed by atoms with E-state index in [0.717, 1.165) is 18.1 Å². The Hall–Kier alpha value is -1.54. The summed E-state index contributed by atoms with van der Waals surface area (Å²) >= 11 is 0. The van der Waals surface area contributed by atoms with Crippen LogP contribution in [0.2, 0.25) is 0 Å². The third-order valence-corrected chi connectivity index (χ3v) is 3.76. The van der Waals surface area contributed by atoms with Crippen molar-refractivity contribution < 1.29 is 4.42 Å². The molecule has 2 nitrogen and oxygen atoms in total. The van der Waals surface area contributed by atoms with Crippen molar-refractivity contribution in [2.24, 2.45) is 0 Å². The van der Waals surface area contributed by atoms with Crippen LogP contribution in [-0.4, -0.2) is 6.54 Å². The minimum atomic E-state index is 0.211. The zero-order valence-corrected chi connectivity index (χ0v) is 12.5. The number of furan rings is 1. The molecule has 0 spiro atoms. The number of aryl methyl sites for hydroxylation is 3. The smallest absolute Gasteiger partial charge is 0.106 e. The van der Waals surface area contributed by atoms with Crippen LogP contribution >= 0.6 is 0 Å². The van der Waals surface area contributed by atoms with Crippen LogP contribution in [-0.2, 0) is 0 Å². The molecule has 0 saturated carbocycles. The lowest BCUT2D eigenvalue weighted by Crippen LogP contribution is -2.23. The van der Waals surface area contributed by atoms with E-state index in [1.807, 2.05) is 13.8 Å². The fraction of sp³-hybridized carbons (Fsp3) is 0.412. The van der Waals surface area contributed by atoms with Gasteiger partial charge in [0.25, 0.3) is 0 Å². The lowest BCUT2D eigenvalue weighted by molar-refractivity contribution is 0.495. The van der Waals surface area contributed by atoms with Crippen molar-refractivity contribution in [1.29, 1.82) is 0 Å². The molecule has 1 heterocycles. The molecule has 2 heteroatoms. The van der Waals surface area contributed by atoms with Crippen molar-refractivity contribution in [2.75, 3.05) is 6.54 Å². The minimum absolute atomic E-state index is 0.211. The predicted molar refractivity (Wildman–Crippen MR) is 79.6 cm³/mol. The van der Waals surface area contributed by atoms with Crippen LogP contribution in [0.15, 0.2) is 28.7 Å². The van der Waals surface area contributed by atoms with Crippen molar-refractivity contribution >= 4 is 0 Å². The molecule has 0 aliphatic heterocycles. The lowest BCUT2D eigenvalue weighted by Gasteiger charge is -2.21. The van der Waals surface area contributed by atoms with E-state index in [1.54, 1.807) is 0 Å². The topological polar surface area (TPSA) is 25.2 Å². The Morgan fingerprint density at radius 2 is 1.84 bits per heavy atom. The van der Waals surface area contributed by atoms with Gasteiger partial charge in [-0.3, -0.25) is 0 Å². The van der Waals surface area contributed by atoms with Crippen molar-refractivity contribution in [3.05, 3.63) is 58.0 Å². The molecule has 0 saturated heterocycles. The average Bonchev–Trinajstić information content (AvgIpc) is 2.69. The van der Waals surface area contributed by atoms with Gasteiger partial charge < -0.3 is 9.73 Å². The highest BCUT2D eigenvalue weighted by Gasteiger charge is 2.20. The van der Waals surface area contributed by atoms with E-state index >= 15 is 0 Å². The van der Waals surface area contributed by atoms with E-state index in [1.165, 1.54) is 22.3 Å². The summed E-state index contributed by atoms with van der Waals surface area (Å²) in [6, 6.07) is 8.85. The zero-order valence-electron chi connectivity index (χ0n) is 12.5. The van der Waals surface area contributed by atoms with Gasteiger partial charge >= 0.3 is 0 Å². The van der Waals surface area contributed by atoms with Gasteiger partial charge in [-0.1, -0.05) is 25.1 Å². The first-order valence-corrected chi connectivity index (χ1v) is 6.91. The van der Waals surface area contributed by atoms with E-state index in [4.69, 9.17) is 4.42 Å². The van der Waals surface area contributed by atoms with E-state index in [2.05, 4.69) is 50.4 Å². The molecule has 1 atom stereocenters. The van der Waals surface area contributed by atoms with E-state index in [-0.39, 0.29) is 6.04 Å². The van der Waals surface area contributed by atoms with Crippen molar-refractivity contribution in [3.8, 4) is 0 Å². The van der Waals surface area contributed by atoms with Crippen LogP contribution in [0.5, 0.6) is 0 Å². The van der Waals surface area contributed by atoms with E-state index < -0.39 is 0 Å². The second-order valence-corrected chi connectivity index (χ2v) is 5.15. The molecule has 0 amide bonds. The molecule has 1 aromatic heterocycles. The van der Waals surface area contributed by atoms with Gasteiger partial charge in [0.15, 0.2) is 0 Å². The fourth-order valence-electron chi connectivity index (χ4n) is 2.62. The van der Waals surface area contributed by atoms with Gasteiger partial charge in [-0.2, -0.15) is 0 Å². The summed E-state index contributed by atoms with van der Waals surface area (Å²) in [4.78, 5) is 0. The van der Waals surface area contributed by atoms with E-state index in [0.29, 0.717) is 0 Å². The molecule has 1 aromatic carbocycles. The number of benzene rings is 1. The largest absolute Gasteiger partial charge is 0.466 e. The molecule has 1 N–H and O–H groups in total. The lowest BCUT2D eigenvalue weighted by atomic mass is 9.92. The van der Waals surface area contributed by atoms with Crippen LogP contribution in [0.4, 0.5) is 0 Å². The molecule has 102 valence electrons. The van der Waals surface area contributed by atoms with Crippen LogP contribution in [0.3, 0.4) is 0 Å². The second-order valence-electron chi connectivity index (χ2n) is 5.15. The summed E-state index contributed by atoms with van der Waals surface area (Å²) in [5.74, 6) is 1.98. The molecular formula is C17H23NO.